The highest BCUT2D eigenvalue weighted by Crippen LogP contribution is 2.30. The second-order valence-electron chi connectivity index (χ2n) is 6.71. The highest BCUT2D eigenvalue weighted by molar-refractivity contribution is 5.74. The van der Waals surface area contributed by atoms with Gasteiger partial charge in [0.2, 0.25) is 5.91 Å². The minimum absolute atomic E-state index is 0.0617. The molecule has 1 amide bonds. The normalized spacial score (nSPS) is 16.9. The molecule has 1 atom stereocenters. The number of likely N-dealkylation sites (tertiary alicyclic amines) is 1. The lowest BCUT2D eigenvalue weighted by molar-refractivity contribution is -0.129. The third-order valence-electron chi connectivity index (χ3n) is 4.62. The number of likely N-dealkylation sites (N-methyl/N-ethyl adjacent to an activating group) is 1. The minimum atomic E-state index is 0.0617. The lowest BCUT2D eigenvalue weighted by atomic mass is 10.1. The van der Waals surface area contributed by atoms with E-state index in [1.807, 2.05) is 42.3 Å². The Balaban J connectivity index is 1.54. The Kier molecular flexibility index (Phi) is 6.17. The van der Waals surface area contributed by atoms with Crippen LogP contribution in [-0.4, -0.2) is 52.4 Å². The number of rotatable bonds is 7. The van der Waals surface area contributed by atoms with Gasteiger partial charge in [0.25, 0.3) is 0 Å². The zero-order valence-corrected chi connectivity index (χ0v) is 15.5. The fourth-order valence-electron chi connectivity index (χ4n) is 3.30. The predicted octanol–water partition coefficient (Wildman–Crippen LogP) is 2.67. The van der Waals surface area contributed by atoms with Crippen molar-refractivity contribution in [1.29, 1.82) is 0 Å². The second kappa shape index (κ2) is 8.76. The van der Waals surface area contributed by atoms with Gasteiger partial charge in [-0.15, -0.1) is 0 Å². The average molecular weight is 354 g/mol. The van der Waals surface area contributed by atoms with Gasteiger partial charge in [-0.05, 0) is 32.0 Å². The van der Waals surface area contributed by atoms with Crippen LogP contribution in [0.3, 0.4) is 0 Å². The molecule has 0 saturated carbocycles. The molecular weight excluding hydrogens is 328 g/mol. The average Bonchev–Trinajstić information content (AvgIpc) is 3.13. The summed E-state index contributed by atoms with van der Waals surface area (Å²) in [6, 6.07) is 9.88. The molecule has 6 heteroatoms. The number of hydrogen-bond donors (Lipinski definition) is 0. The molecule has 1 aliphatic rings. The minimum Gasteiger partial charge on any atom is -0.492 e. The van der Waals surface area contributed by atoms with E-state index in [2.05, 4.69) is 9.88 Å². The Labute approximate surface area is 154 Å². The Morgan fingerprint density at radius 3 is 2.88 bits per heavy atom. The standard InChI is InChI=1S/C20H26N4O2/c1-16(25)24-10-6-9-20(24)19-14-21-13-17(22-19)15-23(2)11-12-26-18-7-4-3-5-8-18/h3-5,7-8,13-14,20H,6,9-12,15H2,1-2H3/t20-/m0/s1. The zero-order chi connectivity index (χ0) is 18.4. The van der Waals surface area contributed by atoms with E-state index in [-0.39, 0.29) is 11.9 Å². The van der Waals surface area contributed by atoms with Gasteiger partial charge in [-0.25, -0.2) is 0 Å². The van der Waals surface area contributed by atoms with Crippen LogP contribution < -0.4 is 4.74 Å². The van der Waals surface area contributed by atoms with Crippen LogP contribution >= 0.6 is 0 Å². The molecule has 1 fully saturated rings. The van der Waals surface area contributed by atoms with Gasteiger partial charge in [-0.3, -0.25) is 19.7 Å². The molecule has 3 rings (SSSR count). The first kappa shape index (κ1) is 18.3. The molecule has 2 aromatic rings. The maximum absolute atomic E-state index is 11.8. The van der Waals surface area contributed by atoms with Crippen LogP contribution in [0, 0.1) is 0 Å². The number of nitrogens with zero attached hydrogens (tertiary/aromatic N) is 4. The zero-order valence-electron chi connectivity index (χ0n) is 15.5. The smallest absolute Gasteiger partial charge is 0.220 e. The number of amides is 1. The van der Waals surface area contributed by atoms with Crippen LogP contribution in [0.1, 0.15) is 37.2 Å². The van der Waals surface area contributed by atoms with E-state index in [1.165, 1.54) is 0 Å². The first-order valence-corrected chi connectivity index (χ1v) is 9.08. The number of carbonyl (C=O) groups excluding carboxylic acids is 1. The molecule has 0 spiro atoms. The monoisotopic (exact) mass is 354 g/mol. The molecule has 0 bridgehead atoms. The van der Waals surface area contributed by atoms with Crippen LogP contribution in [0.5, 0.6) is 5.75 Å². The number of benzene rings is 1. The van der Waals surface area contributed by atoms with Crippen molar-refractivity contribution in [2.75, 3.05) is 26.7 Å². The van der Waals surface area contributed by atoms with Gasteiger partial charge in [0, 0.05) is 32.8 Å². The Hall–Kier alpha value is -2.47. The van der Waals surface area contributed by atoms with Gasteiger partial charge >= 0.3 is 0 Å². The van der Waals surface area contributed by atoms with Crippen LogP contribution in [0.2, 0.25) is 0 Å². The lowest BCUT2D eigenvalue weighted by Gasteiger charge is -2.23. The van der Waals surface area contributed by atoms with Crippen LogP contribution in [-0.2, 0) is 11.3 Å². The maximum atomic E-state index is 11.8. The van der Waals surface area contributed by atoms with Crippen molar-refractivity contribution >= 4 is 5.91 Å². The van der Waals surface area contributed by atoms with E-state index in [0.29, 0.717) is 13.2 Å². The molecule has 26 heavy (non-hydrogen) atoms. The Morgan fingerprint density at radius 2 is 2.12 bits per heavy atom. The fraction of sp³-hybridized carbons (Fsp3) is 0.450. The summed E-state index contributed by atoms with van der Waals surface area (Å²) < 4.78 is 5.74. The third kappa shape index (κ3) is 4.79. The van der Waals surface area contributed by atoms with Gasteiger partial charge in [0.05, 0.1) is 23.6 Å². The largest absolute Gasteiger partial charge is 0.492 e. The summed E-state index contributed by atoms with van der Waals surface area (Å²) in [5.74, 6) is 0.989. The summed E-state index contributed by atoms with van der Waals surface area (Å²) in [5, 5.41) is 0. The van der Waals surface area contributed by atoms with Crippen LogP contribution in [0.25, 0.3) is 0 Å². The van der Waals surface area contributed by atoms with Crippen LogP contribution in [0.4, 0.5) is 0 Å². The highest BCUT2D eigenvalue weighted by atomic mass is 16.5. The molecule has 6 nitrogen and oxygen atoms in total. The Bertz CT molecular complexity index is 723. The van der Waals surface area contributed by atoms with E-state index in [9.17, 15) is 4.79 Å². The summed E-state index contributed by atoms with van der Waals surface area (Å²) in [4.78, 5) is 24.9. The highest BCUT2D eigenvalue weighted by Gasteiger charge is 2.29. The van der Waals surface area contributed by atoms with E-state index in [0.717, 1.165) is 43.1 Å². The van der Waals surface area contributed by atoms with Gasteiger partial charge in [0.1, 0.15) is 12.4 Å². The summed E-state index contributed by atoms with van der Waals surface area (Å²) >= 11 is 0. The van der Waals surface area contributed by atoms with Crippen molar-refractivity contribution in [2.45, 2.75) is 32.4 Å². The topological polar surface area (TPSA) is 58.6 Å². The van der Waals surface area contributed by atoms with E-state index < -0.39 is 0 Å². The summed E-state index contributed by atoms with van der Waals surface area (Å²) in [6.07, 6.45) is 5.56. The number of ether oxygens (including phenoxy) is 1. The SMILES string of the molecule is CC(=O)N1CCC[C@H]1c1cncc(CN(C)CCOc2ccccc2)n1. The van der Waals surface area contributed by atoms with Crippen molar-refractivity contribution in [3.63, 3.8) is 0 Å². The van der Waals surface area contributed by atoms with E-state index in [4.69, 9.17) is 9.72 Å². The molecule has 0 N–H and O–H groups in total. The molecule has 1 aromatic carbocycles. The molecule has 2 heterocycles. The van der Waals surface area contributed by atoms with E-state index in [1.54, 1.807) is 19.3 Å². The van der Waals surface area contributed by atoms with Gasteiger partial charge in [-0.2, -0.15) is 0 Å². The molecule has 138 valence electrons. The quantitative estimate of drug-likeness (QED) is 0.765. The maximum Gasteiger partial charge on any atom is 0.220 e. The van der Waals surface area contributed by atoms with Gasteiger partial charge < -0.3 is 9.64 Å². The second-order valence-corrected chi connectivity index (χ2v) is 6.71. The summed E-state index contributed by atoms with van der Waals surface area (Å²) in [7, 11) is 2.04. The Morgan fingerprint density at radius 1 is 1.31 bits per heavy atom. The van der Waals surface area contributed by atoms with Crippen molar-refractivity contribution in [2.24, 2.45) is 0 Å². The molecule has 0 unspecified atom stereocenters. The van der Waals surface area contributed by atoms with Crippen molar-refractivity contribution in [3.05, 3.63) is 54.1 Å². The molecule has 0 radical (unpaired) electrons. The fourth-order valence-corrected chi connectivity index (χ4v) is 3.30. The summed E-state index contributed by atoms with van der Waals surface area (Å²) in [6.45, 7) is 4.54. The number of para-hydroxylation sites is 1. The number of carbonyl (C=O) groups is 1. The predicted molar refractivity (Wildman–Crippen MR) is 99.7 cm³/mol. The van der Waals surface area contributed by atoms with Crippen molar-refractivity contribution in [1.82, 2.24) is 19.8 Å². The molecule has 0 aliphatic carbocycles. The van der Waals surface area contributed by atoms with E-state index >= 15 is 0 Å². The van der Waals surface area contributed by atoms with Gasteiger partial charge in [-0.1, -0.05) is 18.2 Å². The number of aromatic nitrogens is 2. The molecular formula is C20H26N4O2. The van der Waals surface area contributed by atoms with Crippen molar-refractivity contribution < 1.29 is 9.53 Å². The van der Waals surface area contributed by atoms with Gasteiger partial charge in [0.15, 0.2) is 0 Å². The first-order chi connectivity index (χ1) is 12.6. The molecule has 1 aliphatic heterocycles. The van der Waals surface area contributed by atoms with Crippen molar-refractivity contribution in [3.8, 4) is 5.75 Å². The summed E-state index contributed by atoms with van der Waals surface area (Å²) in [5.41, 5.74) is 1.81. The molecule has 1 aromatic heterocycles. The van der Waals surface area contributed by atoms with Crippen LogP contribution in [0.15, 0.2) is 42.7 Å². The third-order valence-corrected chi connectivity index (χ3v) is 4.62. The lowest BCUT2D eigenvalue weighted by Crippen LogP contribution is -2.29. The molecule has 1 saturated heterocycles. The first-order valence-electron chi connectivity index (χ1n) is 9.08. The number of hydrogen-bond acceptors (Lipinski definition) is 5.